The standard InChI is InChI=1S/C21H30ClN7.HI/c1-3-8-23-21(24-9-10-29-17-25-26-20(29)4-2)28-13-11-27(12-14-28)16-18-6-5-7-19(22)15-18;/h3,5-7,15,17H,1,4,8-14,16H2,2H3,(H,23,24);1H. The topological polar surface area (TPSA) is 61.6 Å². The number of rotatable bonds is 8. The Morgan fingerprint density at radius 3 is 2.80 bits per heavy atom. The number of nitrogens with zero attached hydrogens (tertiary/aromatic N) is 6. The zero-order chi connectivity index (χ0) is 20.5. The van der Waals surface area contributed by atoms with Gasteiger partial charge in [0.05, 0.1) is 6.54 Å². The van der Waals surface area contributed by atoms with Crippen molar-refractivity contribution in [1.29, 1.82) is 0 Å². The highest BCUT2D eigenvalue weighted by molar-refractivity contribution is 14.0. The fourth-order valence-corrected chi connectivity index (χ4v) is 3.66. The van der Waals surface area contributed by atoms with E-state index in [9.17, 15) is 0 Å². The van der Waals surface area contributed by atoms with Crippen LogP contribution in [0.2, 0.25) is 5.02 Å². The highest BCUT2D eigenvalue weighted by Gasteiger charge is 2.19. The summed E-state index contributed by atoms with van der Waals surface area (Å²) in [7, 11) is 0. The highest BCUT2D eigenvalue weighted by atomic mass is 127. The van der Waals surface area contributed by atoms with E-state index in [1.165, 1.54) is 5.56 Å². The Labute approximate surface area is 201 Å². The van der Waals surface area contributed by atoms with Crippen LogP contribution in [-0.4, -0.2) is 69.8 Å². The van der Waals surface area contributed by atoms with E-state index >= 15 is 0 Å². The van der Waals surface area contributed by atoms with E-state index < -0.39 is 0 Å². The first-order valence-electron chi connectivity index (χ1n) is 10.2. The number of halogens is 2. The molecule has 7 nitrogen and oxygen atoms in total. The second-order valence-corrected chi connectivity index (χ2v) is 7.50. The van der Waals surface area contributed by atoms with Crippen LogP contribution in [0.4, 0.5) is 0 Å². The van der Waals surface area contributed by atoms with Crippen LogP contribution < -0.4 is 5.32 Å². The van der Waals surface area contributed by atoms with Crippen molar-refractivity contribution in [1.82, 2.24) is 29.9 Å². The molecule has 1 aromatic carbocycles. The van der Waals surface area contributed by atoms with Crippen LogP contribution in [-0.2, 0) is 19.5 Å². The molecule has 30 heavy (non-hydrogen) atoms. The lowest BCUT2D eigenvalue weighted by molar-refractivity contribution is 0.172. The average Bonchev–Trinajstić information content (AvgIpc) is 3.19. The maximum atomic E-state index is 6.11. The summed E-state index contributed by atoms with van der Waals surface area (Å²) in [5, 5.41) is 12.3. The number of benzene rings is 1. The predicted octanol–water partition coefficient (Wildman–Crippen LogP) is 3.06. The third kappa shape index (κ3) is 7.24. The SMILES string of the molecule is C=CCNC(=NCCn1cnnc1CC)N1CCN(Cc2cccc(Cl)c2)CC1.I. The van der Waals surface area contributed by atoms with Crippen LogP contribution in [0.25, 0.3) is 0 Å². The molecular formula is C21H31ClIN7. The Morgan fingerprint density at radius 2 is 2.10 bits per heavy atom. The Bertz CT molecular complexity index is 815. The number of guanidine groups is 1. The molecule has 0 amide bonds. The molecule has 0 bridgehead atoms. The van der Waals surface area contributed by atoms with Gasteiger partial charge in [0.2, 0.25) is 0 Å². The normalized spacial score (nSPS) is 15.0. The van der Waals surface area contributed by atoms with Crippen LogP contribution >= 0.6 is 35.6 Å². The molecule has 0 unspecified atom stereocenters. The summed E-state index contributed by atoms with van der Waals surface area (Å²) >= 11 is 6.11. The summed E-state index contributed by atoms with van der Waals surface area (Å²) in [5.41, 5.74) is 1.25. The van der Waals surface area contributed by atoms with Crippen molar-refractivity contribution < 1.29 is 0 Å². The largest absolute Gasteiger partial charge is 0.353 e. The van der Waals surface area contributed by atoms with Crippen molar-refractivity contribution in [2.24, 2.45) is 4.99 Å². The fraction of sp³-hybridized carbons (Fsp3) is 0.476. The molecule has 1 aliphatic rings. The first-order valence-corrected chi connectivity index (χ1v) is 10.5. The summed E-state index contributed by atoms with van der Waals surface area (Å²) < 4.78 is 2.07. The van der Waals surface area contributed by atoms with Gasteiger partial charge in [0.1, 0.15) is 12.2 Å². The van der Waals surface area contributed by atoms with Crippen molar-refractivity contribution in [3.8, 4) is 0 Å². The lowest BCUT2D eigenvalue weighted by Crippen LogP contribution is -2.52. The van der Waals surface area contributed by atoms with Gasteiger partial charge >= 0.3 is 0 Å². The zero-order valence-corrected chi connectivity index (χ0v) is 20.6. The number of aryl methyl sites for hydroxylation is 1. The van der Waals surface area contributed by atoms with Gasteiger partial charge in [-0.3, -0.25) is 9.89 Å². The average molecular weight is 544 g/mol. The zero-order valence-electron chi connectivity index (χ0n) is 17.5. The summed E-state index contributed by atoms with van der Waals surface area (Å²) in [5.74, 6) is 1.94. The van der Waals surface area contributed by atoms with E-state index in [1.54, 1.807) is 6.33 Å². The van der Waals surface area contributed by atoms with E-state index in [4.69, 9.17) is 16.6 Å². The van der Waals surface area contributed by atoms with Crippen molar-refractivity contribution in [3.63, 3.8) is 0 Å². The van der Waals surface area contributed by atoms with Gasteiger partial charge in [-0.25, -0.2) is 0 Å². The minimum atomic E-state index is 0. The number of aromatic nitrogens is 3. The van der Waals surface area contributed by atoms with Gasteiger partial charge in [-0.15, -0.1) is 40.8 Å². The van der Waals surface area contributed by atoms with Crippen LogP contribution in [0, 0.1) is 0 Å². The molecule has 0 atom stereocenters. The highest BCUT2D eigenvalue weighted by Crippen LogP contribution is 2.14. The molecule has 9 heteroatoms. The summed E-state index contributed by atoms with van der Waals surface area (Å²) in [6.45, 7) is 12.9. The monoisotopic (exact) mass is 543 g/mol. The number of aliphatic imine (C=N–C) groups is 1. The van der Waals surface area contributed by atoms with Crippen molar-refractivity contribution in [2.45, 2.75) is 26.4 Å². The third-order valence-corrected chi connectivity index (χ3v) is 5.22. The number of hydrogen-bond acceptors (Lipinski definition) is 4. The maximum Gasteiger partial charge on any atom is 0.194 e. The molecule has 1 N–H and O–H groups in total. The van der Waals surface area contributed by atoms with Gasteiger partial charge in [-0.2, -0.15) is 0 Å². The van der Waals surface area contributed by atoms with Gasteiger partial charge in [0.15, 0.2) is 5.96 Å². The smallest absolute Gasteiger partial charge is 0.194 e. The predicted molar refractivity (Wildman–Crippen MR) is 134 cm³/mol. The maximum absolute atomic E-state index is 6.11. The van der Waals surface area contributed by atoms with Gasteiger partial charge in [0.25, 0.3) is 0 Å². The molecule has 164 valence electrons. The van der Waals surface area contributed by atoms with Crippen molar-refractivity contribution in [2.75, 3.05) is 39.3 Å². The summed E-state index contributed by atoms with van der Waals surface area (Å²) in [6, 6.07) is 8.10. The Kier molecular flexibility index (Phi) is 10.6. The molecule has 1 saturated heterocycles. The molecule has 0 saturated carbocycles. The molecule has 1 fully saturated rings. The number of piperazine rings is 1. The Balaban J connectivity index is 0.00000320. The van der Waals surface area contributed by atoms with Crippen molar-refractivity contribution in [3.05, 3.63) is 59.7 Å². The molecule has 1 aliphatic heterocycles. The summed E-state index contributed by atoms with van der Waals surface area (Å²) in [6.07, 6.45) is 4.51. The number of nitrogens with one attached hydrogen (secondary N) is 1. The van der Waals surface area contributed by atoms with Gasteiger partial charge < -0.3 is 14.8 Å². The Morgan fingerprint density at radius 1 is 1.30 bits per heavy atom. The first kappa shape index (κ1) is 24.6. The third-order valence-electron chi connectivity index (χ3n) is 4.99. The first-order chi connectivity index (χ1) is 14.2. The molecule has 3 rings (SSSR count). The minimum Gasteiger partial charge on any atom is -0.353 e. The molecule has 0 aliphatic carbocycles. The van der Waals surface area contributed by atoms with Crippen molar-refractivity contribution >= 4 is 41.5 Å². The van der Waals surface area contributed by atoms with E-state index in [1.807, 2.05) is 24.3 Å². The molecule has 2 heterocycles. The Hall–Kier alpha value is -1.65. The van der Waals surface area contributed by atoms with E-state index in [-0.39, 0.29) is 24.0 Å². The van der Waals surface area contributed by atoms with E-state index in [2.05, 4.69) is 49.5 Å². The second-order valence-electron chi connectivity index (χ2n) is 7.06. The second kappa shape index (κ2) is 12.9. The number of hydrogen-bond donors (Lipinski definition) is 1. The van der Waals surface area contributed by atoms with E-state index in [0.717, 1.165) is 62.5 Å². The molecular weight excluding hydrogens is 513 g/mol. The van der Waals surface area contributed by atoms with Crippen LogP contribution in [0.15, 0.2) is 48.2 Å². The quantitative estimate of drug-likeness (QED) is 0.240. The molecule has 1 aromatic heterocycles. The fourth-order valence-electron chi connectivity index (χ4n) is 3.45. The minimum absolute atomic E-state index is 0. The van der Waals surface area contributed by atoms with Gasteiger partial charge in [0, 0.05) is 57.3 Å². The van der Waals surface area contributed by atoms with E-state index in [0.29, 0.717) is 13.1 Å². The summed E-state index contributed by atoms with van der Waals surface area (Å²) in [4.78, 5) is 9.61. The van der Waals surface area contributed by atoms with Crippen LogP contribution in [0.3, 0.4) is 0 Å². The molecule has 2 aromatic rings. The lowest BCUT2D eigenvalue weighted by Gasteiger charge is -2.36. The molecule has 0 radical (unpaired) electrons. The molecule has 0 spiro atoms. The van der Waals surface area contributed by atoms with Gasteiger partial charge in [-0.05, 0) is 17.7 Å². The van der Waals surface area contributed by atoms with Gasteiger partial charge in [-0.1, -0.05) is 36.7 Å². The lowest BCUT2D eigenvalue weighted by atomic mass is 10.2. The van der Waals surface area contributed by atoms with Crippen LogP contribution in [0.5, 0.6) is 0 Å². The van der Waals surface area contributed by atoms with Crippen LogP contribution in [0.1, 0.15) is 18.3 Å².